The van der Waals surface area contributed by atoms with Crippen LogP contribution in [0.15, 0.2) is 72.6 Å². The molecule has 3 aromatic carbocycles. The predicted octanol–water partition coefficient (Wildman–Crippen LogP) is 5.52. The largest absolute Gasteiger partial charge is 0.488 e. The van der Waals surface area contributed by atoms with Gasteiger partial charge >= 0.3 is 5.97 Å². The highest BCUT2D eigenvalue weighted by molar-refractivity contribution is 7.00. The van der Waals surface area contributed by atoms with E-state index in [0.717, 1.165) is 17.8 Å². The van der Waals surface area contributed by atoms with E-state index in [1.54, 1.807) is 62.6 Å². The number of fused-ring (bicyclic) bond motifs is 2. The van der Waals surface area contributed by atoms with E-state index in [1.807, 2.05) is 0 Å². The van der Waals surface area contributed by atoms with Crippen molar-refractivity contribution in [3.63, 3.8) is 0 Å². The Morgan fingerprint density at radius 3 is 2.34 bits per heavy atom. The number of benzene rings is 3. The van der Waals surface area contributed by atoms with Crippen LogP contribution in [0.5, 0.6) is 5.75 Å². The molecule has 38 heavy (non-hydrogen) atoms. The molecule has 190 valence electrons. The van der Waals surface area contributed by atoms with Crippen LogP contribution in [0, 0.1) is 5.82 Å². The van der Waals surface area contributed by atoms with E-state index < -0.39 is 17.6 Å². The summed E-state index contributed by atoms with van der Waals surface area (Å²) in [4.78, 5) is 35.0. The summed E-state index contributed by atoms with van der Waals surface area (Å²) in [6.45, 7) is 3.53. The maximum atomic E-state index is 14.8. The quantitative estimate of drug-likeness (QED) is 0.207. The fourth-order valence-electron chi connectivity index (χ4n) is 4.14. The first kappa shape index (κ1) is 25.1. The zero-order valence-electron chi connectivity index (χ0n) is 20.4. The van der Waals surface area contributed by atoms with Gasteiger partial charge in [-0.1, -0.05) is 12.1 Å². The van der Waals surface area contributed by atoms with Crippen LogP contribution in [0.25, 0.3) is 27.6 Å². The standard InChI is InChI=1S/C28H21FN4O4S/c1-15(2)37-25-8-5-18(13-20(25)29)27(34)19(11-16-3-6-21-23(12-16)31-10-9-30-21)26(28(35)36)17-4-7-22-24(14-17)33-38-32-22/h3-10,12-15H,11H2,1-2H3,(H,35,36). The maximum Gasteiger partial charge on any atom is 0.336 e. The number of aromatic nitrogens is 4. The van der Waals surface area contributed by atoms with Gasteiger partial charge in [-0.05, 0) is 67.4 Å². The molecule has 0 saturated heterocycles. The summed E-state index contributed by atoms with van der Waals surface area (Å²) in [6, 6.07) is 14.0. The lowest BCUT2D eigenvalue weighted by molar-refractivity contribution is -0.130. The van der Waals surface area contributed by atoms with Crippen LogP contribution < -0.4 is 4.74 Å². The summed E-state index contributed by atoms with van der Waals surface area (Å²) >= 11 is 1.01. The van der Waals surface area contributed by atoms with Crippen LogP contribution in [0.3, 0.4) is 0 Å². The monoisotopic (exact) mass is 528 g/mol. The Bertz CT molecular complexity index is 1730. The molecule has 0 spiro atoms. The predicted molar refractivity (Wildman–Crippen MR) is 142 cm³/mol. The summed E-state index contributed by atoms with van der Waals surface area (Å²) in [5, 5.41) is 10.3. The van der Waals surface area contributed by atoms with Gasteiger partial charge in [0.25, 0.3) is 0 Å². The SMILES string of the molecule is CC(C)Oc1ccc(C(=O)C(Cc2ccc3nccnc3c2)=C(C(=O)O)c2ccc3nsnc3c2)cc1F. The van der Waals surface area contributed by atoms with Crippen LogP contribution in [-0.2, 0) is 11.2 Å². The number of halogens is 1. The van der Waals surface area contributed by atoms with E-state index >= 15 is 0 Å². The molecule has 2 heterocycles. The summed E-state index contributed by atoms with van der Waals surface area (Å²) in [5.41, 5.74) is 3.13. The fraction of sp³-hybridized carbons (Fsp3) is 0.143. The molecule has 10 heteroatoms. The Balaban J connectivity index is 1.66. The molecule has 0 aliphatic heterocycles. The lowest BCUT2D eigenvalue weighted by Crippen LogP contribution is -2.15. The number of nitrogens with zero attached hydrogens (tertiary/aromatic N) is 4. The van der Waals surface area contributed by atoms with Crippen molar-refractivity contribution in [2.75, 3.05) is 0 Å². The fourth-order valence-corrected chi connectivity index (χ4v) is 4.65. The van der Waals surface area contributed by atoms with E-state index in [0.29, 0.717) is 33.2 Å². The van der Waals surface area contributed by atoms with Crippen molar-refractivity contribution in [2.45, 2.75) is 26.4 Å². The van der Waals surface area contributed by atoms with Gasteiger partial charge in [0.1, 0.15) is 11.0 Å². The average molecular weight is 529 g/mol. The minimum Gasteiger partial charge on any atom is -0.488 e. The second kappa shape index (κ2) is 10.4. The van der Waals surface area contributed by atoms with Gasteiger partial charge in [0.05, 0.1) is 34.4 Å². The molecule has 2 aromatic heterocycles. The number of hydrogen-bond acceptors (Lipinski definition) is 8. The zero-order valence-corrected chi connectivity index (χ0v) is 21.2. The molecule has 0 aliphatic carbocycles. The van der Waals surface area contributed by atoms with Crippen LogP contribution in [0.4, 0.5) is 4.39 Å². The Morgan fingerprint density at radius 2 is 1.61 bits per heavy atom. The lowest BCUT2D eigenvalue weighted by Gasteiger charge is -2.15. The number of carbonyl (C=O) groups is 2. The molecule has 5 aromatic rings. The molecular formula is C28H21FN4O4S. The van der Waals surface area contributed by atoms with Crippen molar-refractivity contribution in [1.29, 1.82) is 0 Å². The minimum atomic E-state index is -1.29. The Labute approximate surface area is 220 Å². The molecule has 0 saturated carbocycles. The molecule has 5 rings (SSSR count). The number of carbonyl (C=O) groups excluding carboxylic acids is 1. The van der Waals surface area contributed by atoms with Crippen molar-refractivity contribution >= 4 is 51.1 Å². The van der Waals surface area contributed by atoms with E-state index in [2.05, 4.69) is 18.7 Å². The molecule has 0 aliphatic rings. The number of rotatable bonds is 8. The highest BCUT2D eigenvalue weighted by Crippen LogP contribution is 2.29. The van der Waals surface area contributed by atoms with E-state index in [-0.39, 0.29) is 35.0 Å². The molecule has 0 unspecified atom stereocenters. The molecule has 0 fully saturated rings. The van der Waals surface area contributed by atoms with E-state index in [1.165, 1.54) is 12.1 Å². The first-order valence-electron chi connectivity index (χ1n) is 11.7. The van der Waals surface area contributed by atoms with Crippen LogP contribution in [-0.4, -0.2) is 41.7 Å². The Morgan fingerprint density at radius 1 is 0.895 bits per heavy atom. The van der Waals surface area contributed by atoms with Crippen molar-refractivity contribution in [3.8, 4) is 5.75 Å². The Hall–Kier alpha value is -4.57. The normalized spacial score (nSPS) is 12.1. The van der Waals surface area contributed by atoms with Gasteiger partial charge < -0.3 is 9.84 Å². The molecule has 0 amide bonds. The number of allylic oxidation sites excluding steroid dienone is 1. The third-order valence-electron chi connectivity index (χ3n) is 5.80. The maximum absolute atomic E-state index is 14.8. The van der Waals surface area contributed by atoms with Gasteiger partial charge in [-0.15, -0.1) is 0 Å². The van der Waals surface area contributed by atoms with Crippen molar-refractivity contribution in [2.24, 2.45) is 0 Å². The van der Waals surface area contributed by atoms with Crippen molar-refractivity contribution < 1.29 is 23.8 Å². The summed E-state index contributed by atoms with van der Waals surface area (Å²) in [7, 11) is 0. The van der Waals surface area contributed by atoms with Gasteiger partial charge in [-0.2, -0.15) is 8.75 Å². The number of hydrogen-bond donors (Lipinski definition) is 1. The lowest BCUT2D eigenvalue weighted by atomic mass is 9.89. The highest BCUT2D eigenvalue weighted by Gasteiger charge is 2.25. The van der Waals surface area contributed by atoms with Gasteiger partial charge in [0, 0.05) is 30.0 Å². The smallest absolute Gasteiger partial charge is 0.336 e. The van der Waals surface area contributed by atoms with Crippen LogP contribution in [0.1, 0.15) is 35.3 Å². The molecule has 0 radical (unpaired) electrons. The molecule has 8 nitrogen and oxygen atoms in total. The first-order valence-corrected chi connectivity index (χ1v) is 12.4. The van der Waals surface area contributed by atoms with Gasteiger partial charge in [0.15, 0.2) is 17.3 Å². The summed E-state index contributed by atoms with van der Waals surface area (Å²) in [6.07, 6.45) is 2.83. The third-order valence-corrected chi connectivity index (χ3v) is 6.36. The molecule has 0 atom stereocenters. The number of carboxylic acids is 1. The number of ether oxygens (including phenoxy) is 1. The summed E-state index contributed by atoms with van der Waals surface area (Å²) in [5.74, 6) is -2.61. The average Bonchev–Trinajstić information content (AvgIpc) is 3.37. The number of aliphatic carboxylic acids is 1. The number of ketones is 1. The van der Waals surface area contributed by atoms with Gasteiger partial charge in [0.2, 0.25) is 0 Å². The molecular weight excluding hydrogens is 507 g/mol. The number of Topliss-reactive ketones (excluding diaryl/α,β-unsaturated/α-hetero) is 1. The Kier molecular flexibility index (Phi) is 6.89. The van der Waals surface area contributed by atoms with Crippen molar-refractivity contribution in [1.82, 2.24) is 18.7 Å². The first-order chi connectivity index (χ1) is 18.3. The summed E-state index contributed by atoms with van der Waals surface area (Å²) < 4.78 is 28.6. The van der Waals surface area contributed by atoms with Gasteiger partial charge in [-0.3, -0.25) is 14.8 Å². The van der Waals surface area contributed by atoms with Crippen molar-refractivity contribution in [3.05, 3.63) is 95.1 Å². The zero-order chi connectivity index (χ0) is 26.8. The second-order valence-electron chi connectivity index (χ2n) is 8.82. The van der Waals surface area contributed by atoms with E-state index in [4.69, 9.17) is 4.74 Å². The van der Waals surface area contributed by atoms with Crippen LogP contribution >= 0.6 is 11.7 Å². The van der Waals surface area contributed by atoms with Gasteiger partial charge in [-0.25, -0.2) is 9.18 Å². The topological polar surface area (TPSA) is 115 Å². The molecule has 0 bridgehead atoms. The highest BCUT2D eigenvalue weighted by atomic mass is 32.1. The minimum absolute atomic E-state index is 0.00402. The van der Waals surface area contributed by atoms with E-state index in [9.17, 15) is 19.1 Å². The van der Waals surface area contributed by atoms with Crippen LogP contribution in [0.2, 0.25) is 0 Å². The number of carboxylic acid groups (broad SMARTS) is 1. The molecule has 1 N–H and O–H groups in total. The second-order valence-corrected chi connectivity index (χ2v) is 9.35. The third kappa shape index (κ3) is 5.12.